The number of methoxy groups -OCH3 is 1. The molecule has 28 heavy (non-hydrogen) atoms. The first-order valence-corrected chi connectivity index (χ1v) is 8.91. The molecule has 0 fully saturated rings. The van der Waals surface area contributed by atoms with Crippen molar-refractivity contribution in [1.29, 1.82) is 0 Å². The molecule has 0 aliphatic carbocycles. The molecule has 3 aromatic carbocycles. The summed E-state index contributed by atoms with van der Waals surface area (Å²) in [6.45, 7) is 4.02. The zero-order valence-electron chi connectivity index (χ0n) is 16.1. The van der Waals surface area contributed by atoms with Crippen molar-refractivity contribution in [3.05, 3.63) is 89.0 Å². The lowest BCUT2D eigenvalue weighted by Crippen LogP contribution is -1.99. The third kappa shape index (κ3) is 4.60. The number of carboxylic acids is 1. The Labute approximate surface area is 164 Å². The molecule has 4 nitrogen and oxygen atoms in total. The highest BCUT2D eigenvalue weighted by molar-refractivity contribution is 6.20. The largest absolute Gasteiger partial charge is 0.497 e. The fourth-order valence-electron chi connectivity index (χ4n) is 2.78. The van der Waals surface area contributed by atoms with Gasteiger partial charge >= 0.3 is 5.97 Å². The van der Waals surface area contributed by atoms with Crippen LogP contribution in [0.1, 0.15) is 22.3 Å². The maximum absolute atomic E-state index is 11.7. The third-order valence-corrected chi connectivity index (χ3v) is 4.39. The molecule has 0 saturated carbocycles. The Bertz CT molecular complexity index is 1000. The lowest BCUT2D eigenvalue weighted by atomic mass is 10.0. The van der Waals surface area contributed by atoms with Gasteiger partial charge in [-0.1, -0.05) is 36.4 Å². The number of aryl methyl sites for hydroxylation is 2. The van der Waals surface area contributed by atoms with Gasteiger partial charge in [0.05, 0.1) is 12.7 Å². The van der Waals surface area contributed by atoms with Gasteiger partial charge in [-0.3, -0.25) is 0 Å². The molecule has 0 atom stereocenters. The topological polar surface area (TPSA) is 55.8 Å². The van der Waals surface area contributed by atoms with E-state index in [1.165, 1.54) is 0 Å². The summed E-state index contributed by atoms with van der Waals surface area (Å²) in [4.78, 5) is 11.7. The van der Waals surface area contributed by atoms with Crippen LogP contribution in [0.5, 0.6) is 17.2 Å². The Kier molecular flexibility index (Phi) is 5.80. The summed E-state index contributed by atoms with van der Waals surface area (Å²) in [5, 5.41) is 9.60. The minimum Gasteiger partial charge on any atom is -0.497 e. The summed E-state index contributed by atoms with van der Waals surface area (Å²) in [7, 11) is 1.57. The van der Waals surface area contributed by atoms with Crippen LogP contribution in [0.3, 0.4) is 0 Å². The monoisotopic (exact) mass is 374 g/mol. The molecule has 142 valence electrons. The van der Waals surface area contributed by atoms with Crippen molar-refractivity contribution >= 4 is 17.6 Å². The summed E-state index contributed by atoms with van der Waals surface area (Å²) in [5.41, 5.74) is 3.80. The van der Waals surface area contributed by atoms with Crippen LogP contribution in [0.2, 0.25) is 0 Å². The SMILES string of the molecule is COc1ccc(/C(=C\c2ccc(Oc3cc(C)ccc3C)cc2)C(=O)O)cc1. The fraction of sp³-hybridized carbons (Fsp3) is 0.125. The highest BCUT2D eigenvalue weighted by atomic mass is 16.5. The van der Waals surface area contributed by atoms with Crippen molar-refractivity contribution in [3.63, 3.8) is 0 Å². The molecule has 0 saturated heterocycles. The molecule has 0 aliphatic rings. The second-order valence-electron chi connectivity index (χ2n) is 6.53. The van der Waals surface area contributed by atoms with Crippen LogP contribution in [0.4, 0.5) is 0 Å². The van der Waals surface area contributed by atoms with Gasteiger partial charge in [-0.25, -0.2) is 4.79 Å². The molecule has 3 rings (SSSR count). The number of hydrogen-bond acceptors (Lipinski definition) is 3. The average Bonchev–Trinajstić information content (AvgIpc) is 2.70. The normalized spacial score (nSPS) is 11.2. The van der Waals surface area contributed by atoms with Gasteiger partial charge in [-0.2, -0.15) is 0 Å². The predicted molar refractivity (Wildman–Crippen MR) is 111 cm³/mol. The molecule has 0 aliphatic heterocycles. The Morgan fingerprint density at radius 1 is 0.893 bits per heavy atom. The van der Waals surface area contributed by atoms with Crippen molar-refractivity contribution in [3.8, 4) is 17.2 Å². The van der Waals surface area contributed by atoms with Gasteiger partial charge in [0.25, 0.3) is 0 Å². The van der Waals surface area contributed by atoms with Crippen LogP contribution in [0.15, 0.2) is 66.7 Å². The summed E-state index contributed by atoms with van der Waals surface area (Å²) in [6.07, 6.45) is 1.64. The minimum atomic E-state index is -0.985. The maximum Gasteiger partial charge on any atom is 0.336 e. The standard InChI is InChI=1S/C24H22O4/c1-16-4-5-17(2)23(14-16)28-21-10-6-18(7-11-21)15-22(24(25)26)19-8-12-20(27-3)13-9-19/h4-15H,1-3H3,(H,25,26)/b22-15+. The molecule has 0 aromatic heterocycles. The van der Waals surface area contributed by atoms with Crippen LogP contribution >= 0.6 is 0 Å². The third-order valence-electron chi connectivity index (χ3n) is 4.39. The molecular weight excluding hydrogens is 352 g/mol. The van der Waals surface area contributed by atoms with E-state index in [-0.39, 0.29) is 5.57 Å². The zero-order valence-corrected chi connectivity index (χ0v) is 16.1. The number of aliphatic carboxylic acids is 1. The van der Waals surface area contributed by atoms with E-state index in [1.54, 1.807) is 37.5 Å². The number of carboxylic acid groups (broad SMARTS) is 1. The van der Waals surface area contributed by atoms with Gasteiger partial charge in [0.2, 0.25) is 0 Å². The minimum absolute atomic E-state index is 0.214. The number of ether oxygens (including phenoxy) is 2. The Morgan fingerprint density at radius 3 is 2.14 bits per heavy atom. The van der Waals surface area contributed by atoms with E-state index in [0.717, 1.165) is 22.4 Å². The van der Waals surface area contributed by atoms with Gasteiger partial charge in [-0.15, -0.1) is 0 Å². The lowest BCUT2D eigenvalue weighted by molar-refractivity contribution is -0.130. The molecular formula is C24H22O4. The number of hydrogen-bond donors (Lipinski definition) is 1. The zero-order chi connectivity index (χ0) is 20.1. The molecule has 0 radical (unpaired) electrons. The second kappa shape index (κ2) is 8.44. The van der Waals surface area contributed by atoms with Crippen molar-refractivity contribution in [2.45, 2.75) is 13.8 Å². The lowest BCUT2D eigenvalue weighted by Gasteiger charge is -2.10. The van der Waals surface area contributed by atoms with Gasteiger partial charge in [-0.05, 0) is 72.5 Å². The number of rotatable bonds is 6. The summed E-state index contributed by atoms with van der Waals surface area (Å²) >= 11 is 0. The van der Waals surface area contributed by atoms with Crippen molar-refractivity contribution < 1.29 is 19.4 Å². The van der Waals surface area contributed by atoms with E-state index < -0.39 is 5.97 Å². The molecule has 0 bridgehead atoms. The van der Waals surface area contributed by atoms with Crippen LogP contribution in [0, 0.1) is 13.8 Å². The van der Waals surface area contributed by atoms with Crippen molar-refractivity contribution in [2.24, 2.45) is 0 Å². The van der Waals surface area contributed by atoms with E-state index in [1.807, 2.05) is 56.3 Å². The van der Waals surface area contributed by atoms with Gasteiger partial charge in [0, 0.05) is 0 Å². The summed E-state index contributed by atoms with van der Waals surface area (Å²) in [6, 6.07) is 20.4. The molecule has 0 unspecified atom stereocenters. The Morgan fingerprint density at radius 2 is 1.54 bits per heavy atom. The molecule has 0 amide bonds. The highest BCUT2D eigenvalue weighted by Gasteiger charge is 2.11. The van der Waals surface area contributed by atoms with Crippen LogP contribution < -0.4 is 9.47 Å². The first-order valence-electron chi connectivity index (χ1n) is 8.91. The van der Waals surface area contributed by atoms with Gasteiger partial charge in [0.1, 0.15) is 17.2 Å². The summed E-state index contributed by atoms with van der Waals surface area (Å²) < 4.78 is 11.1. The van der Waals surface area contributed by atoms with Crippen LogP contribution in [-0.4, -0.2) is 18.2 Å². The van der Waals surface area contributed by atoms with Crippen LogP contribution in [0.25, 0.3) is 11.6 Å². The van der Waals surface area contributed by atoms with Gasteiger partial charge in [0.15, 0.2) is 0 Å². The number of carbonyl (C=O) groups is 1. The van der Waals surface area contributed by atoms with E-state index in [0.29, 0.717) is 17.1 Å². The average molecular weight is 374 g/mol. The Hall–Kier alpha value is -3.53. The molecule has 3 aromatic rings. The van der Waals surface area contributed by atoms with E-state index in [4.69, 9.17) is 9.47 Å². The molecule has 0 heterocycles. The molecule has 4 heteroatoms. The van der Waals surface area contributed by atoms with Gasteiger partial charge < -0.3 is 14.6 Å². The van der Waals surface area contributed by atoms with E-state index in [9.17, 15) is 9.90 Å². The summed E-state index contributed by atoms with van der Waals surface area (Å²) in [5.74, 6) is 1.21. The van der Waals surface area contributed by atoms with E-state index in [2.05, 4.69) is 0 Å². The van der Waals surface area contributed by atoms with Crippen molar-refractivity contribution in [2.75, 3.05) is 7.11 Å². The molecule has 0 spiro atoms. The number of benzene rings is 3. The van der Waals surface area contributed by atoms with E-state index >= 15 is 0 Å². The van der Waals surface area contributed by atoms with Crippen LogP contribution in [-0.2, 0) is 4.79 Å². The smallest absolute Gasteiger partial charge is 0.336 e. The maximum atomic E-state index is 11.7. The fourth-order valence-corrected chi connectivity index (χ4v) is 2.78. The predicted octanol–water partition coefficient (Wildman–Crippen LogP) is 5.73. The molecule has 1 N–H and O–H groups in total. The first-order chi connectivity index (χ1) is 13.5. The second-order valence-corrected chi connectivity index (χ2v) is 6.53. The first kappa shape index (κ1) is 19.2. The quantitative estimate of drug-likeness (QED) is 0.442. The Balaban J connectivity index is 1.84. The highest BCUT2D eigenvalue weighted by Crippen LogP contribution is 2.27. The van der Waals surface area contributed by atoms with Crippen molar-refractivity contribution in [1.82, 2.24) is 0 Å².